The minimum Gasteiger partial charge on any atom is -0.310 e. The van der Waals surface area contributed by atoms with Crippen molar-refractivity contribution in [2.45, 2.75) is 52.6 Å². The molecule has 0 saturated heterocycles. The van der Waals surface area contributed by atoms with Crippen molar-refractivity contribution in [2.24, 2.45) is 0 Å². The van der Waals surface area contributed by atoms with Gasteiger partial charge in [0.15, 0.2) is 0 Å². The fourth-order valence-corrected chi connectivity index (χ4v) is 2.58. The minimum absolute atomic E-state index is 0.181. The Balaban J connectivity index is 2.22. The van der Waals surface area contributed by atoms with Gasteiger partial charge in [-0.1, -0.05) is 63.4 Å². The average molecular weight is 289 g/mol. The first-order valence-corrected chi connectivity index (χ1v) is 7.81. The molecule has 4 heteroatoms. The lowest BCUT2D eigenvalue weighted by Crippen LogP contribution is -2.21. The van der Waals surface area contributed by atoms with Crippen LogP contribution in [-0.4, -0.2) is 15.6 Å². The van der Waals surface area contributed by atoms with Crippen LogP contribution in [0.1, 0.15) is 45.1 Å². The predicted molar refractivity (Wildman–Crippen MR) is 86.0 cm³/mol. The van der Waals surface area contributed by atoms with E-state index in [1.54, 1.807) is 0 Å². The van der Waals surface area contributed by atoms with Crippen LogP contribution in [0.3, 0.4) is 0 Å². The Kier molecular flexibility index (Phi) is 4.55. The van der Waals surface area contributed by atoms with Crippen LogP contribution in [0.2, 0.25) is 0 Å². The number of aromatic nitrogens is 2. The molecule has 0 fully saturated rings. The molecular weight excluding hydrogens is 266 g/mol. The predicted octanol–water partition coefficient (Wildman–Crippen LogP) is 4.00. The van der Waals surface area contributed by atoms with Crippen LogP contribution < -0.4 is 5.32 Å². The van der Waals surface area contributed by atoms with E-state index in [1.807, 2.05) is 0 Å². The lowest BCUT2D eigenvalue weighted by Gasteiger charge is -2.19. The Labute approximate surface area is 125 Å². The average Bonchev–Trinajstić information content (AvgIpc) is 2.83. The van der Waals surface area contributed by atoms with E-state index in [9.17, 15) is 0 Å². The van der Waals surface area contributed by atoms with Crippen LogP contribution >= 0.6 is 11.5 Å². The zero-order valence-corrected chi connectivity index (χ0v) is 13.7. The van der Waals surface area contributed by atoms with Crippen molar-refractivity contribution in [3.63, 3.8) is 0 Å². The highest BCUT2D eigenvalue weighted by atomic mass is 32.1. The molecule has 0 amide bonds. The van der Waals surface area contributed by atoms with Crippen LogP contribution in [0.25, 0.3) is 11.3 Å². The summed E-state index contributed by atoms with van der Waals surface area (Å²) in [6, 6.07) is 9.14. The van der Waals surface area contributed by atoms with Gasteiger partial charge in [-0.05, 0) is 22.5 Å². The number of hydrogen-bond donors (Lipinski definition) is 1. The van der Waals surface area contributed by atoms with Crippen LogP contribution in [0.4, 0.5) is 0 Å². The highest BCUT2D eigenvalue weighted by molar-refractivity contribution is 7.05. The van der Waals surface area contributed by atoms with Crippen molar-refractivity contribution in [3.05, 3.63) is 34.7 Å². The molecular formula is C16H23N3S. The van der Waals surface area contributed by atoms with Crippen LogP contribution in [0, 0.1) is 0 Å². The molecule has 0 aliphatic rings. The van der Waals surface area contributed by atoms with Gasteiger partial charge in [-0.25, -0.2) is 0 Å². The van der Waals surface area contributed by atoms with E-state index in [1.165, 1.54) is 22.0 Å². The molecule has 20 heavy (non-hydrogen) atoms. The summed E-state index contributed by atoms with van der Waals surface area (Å²) < 4.78 is 4.10. The van der Waals surface area contributed by atoms with Gasteiger partial charge in [0.25, 0.3) is 0 Å². The molecule has 1 N–H and O–H groups in total. The lowest BCUT2D eigenvalue weighted by molar-refractivity contribution is 0.590. The molecule has 1 heterocycles. The molecule has 108 valence electrons. The summed E-state index contributed by atoms with van der Waals surface area (Å²) in [5.41, 5.74) is 3.67. The second-order valence-electron chi connectivity index (χ2n) is 6.41. The third-order valence-electron chi connectivity index (χ3n) is 3.25. The molecule has 0 bridgehead atoms. The number of nitrogens with zero attached hydrogens (tertiary/aromatic N) is 2. The van der Waals surface area contributed by atoms with E-state index < -0.39 is 0 Å². The van der Waals surface area contributed by atoms with Gasteiger partial charge in [-0.3, -0.25) is 0 Å². The SMILES string of the molecule is CC(C)NCc1snnc1-c1ccc(C(C)(C)C)cc1. The van der Waals surface area contributed by atoms with E-state index in [2.05, 4.69) is 73.8 Å². The molecule has 0 radical (unpaired) electrons. The number of hydrogen-bond acceptors (Lipinski definition) is 4. The summed E-state index contributed by atoms with van der Waals surface area (Å²) in [6.07, 6.45) is 0. The summed E-state index contributed by atoms with van der Waals surface area (Å²) in [5, 5.41) is 7.71. The Morgan fingerprint density at radius 2 is 1.80 bits per heavy atom. The van der Waals surface area contributed by atoms with Crippen molar-refractivity contribution in [2.75, 3.05) is 0 Å². The fraction of sp³-hybridized carbons (Fsp3) is 0.500. The molecule has 0 unspecified atom stereocenters. The van der Waals surface area contributed by atoms with Gasteiger partial charge < -0.3 is 5.32 Å². The van der Waals surface area contributed by atoms with Crippen LogP contribution in [0.15, 0.2) is 24.3 Å². The van der Waals surface area contributed by atoms with Crippen molar-refractivity contribution >= 4 is 11.5 Å². The summed E-state index contributed by atoms with van der Waals surface area (Å²) in [5.74, 6) is 0. The highest BCUT2D eigenvalue weighted by Gasteiger charge is 2.15. The van der Waals surface area contributed by atoms with Crippen LogP contribution in [-0.2, 0) is 12.0 Å². The van der Waals surface area contributed by atoms with E-state index >= 15 is 0 Å². The lowest BCUT2D eigenvalue weighted by atomic mass is 9.86. The maximum absolute atomic E-state index is 4.28. The molecule has 1 aromatic carbocycles. The third kappa shape index (κ3) is 3.64. The van der Waals surface area contributed by atoms with Gasteiger partial charge >= 0.3 is 0 Å². The van der Waals surface area contributed by atoms with Crippen molar-refractivity contribution in [3.8, 4) is 11.3 Å². The van der Waals surface area contributed by atoms with Gasteiger partial charge in [0, 0.05) is 18.2 Å². The summed E-state index contributed by atoms with van der Waals surface area (Å²) in [6.45, 7) is 11.8. The topological polar surface area (TPSA) is 37.8 Å². The first kappa shape index (κ1) is 15.1. The number of rotatable bonds is 4. The largest absolute Gasteiger partial charge is 0.310 e. The molecule has 0 atom stereocenters. The molecule has 0 spiro atoms. The quantitative estimate of drug-likeness (QED) is 0.924. The Morgan fingerprint density at radius 3 is 2.35 bits per heavy atom. The van der Waals surface area contributed by atoms with E-state index in [4.69, 9.17) is 0 Å². The molecule has 1 aromatic heterocycles. The maximum atomic E-state index is 4.28. The summed E-state index contributed by atoms with van der Waals surface area (Å²) in [4.78, 5) is 1.20. The van der Waals surface area contributed by atoms with Gasteiger partial charge in [-0.15, -0.1) is 5.10 Å². The van der Waals surface area contributed by atoms with Gasteiger partial charge in [0.2, 0.25) is 0 Å². The third-order valence-corrected chi connectivity index (χ3v) is 3.97. The van der Waals surface area contributed by atoms with Crippen molar-refractivity contribution in [1.82, 2.24) is 14.9 Å². The first-order valence-electron chi connectivity index (χ1n) is 7.03. The van der Waals surface area contributed by atoms with E-state index in [0.29, 0.717) is 6.04 Å². The van der Waals surface area contributed by atoms with Crippen molar-refractivity contribution in [1.29, 1.82) is 0 Å². The van der Waals surface area contributed by atoms with Gasteiger partial charge in [-0.2, -0.15) is 0 Å². The Bertz CT molecular complexity index is 550. The van der Waals surface area contributed by atoms with E-state index in [-0.39, 0.29) is 5.41 Å². The zero-order valence-electron chi connectivity index (χ0n) is 12.9. The monoisotopic (exact) mass is 289 g/mol. The Hall–Kier alpha value is -1.26. The first-order chi connectivity index (χ1) is 9.38. The summed E-state index contributed by atoms with van der Waals surface area (Å²) >= 11 is 1.47. The minimum atomic E-state index is 0.181. The maximum Gasteiger partial charge on any atom is 0.110 e. The molecule has 0 saturated carbocycles. The second kappa shape index (κ2) is 6.02. The molecule has 0 aliphatic heterocycles. The molecule has 0 aliphatic carbocycles. The smallest absolute Gasteiger partial charge is 0.110 e. The standard InChI is InChI=1S/C16H23N3S/c1-11(2)17-10-14-15(18-19-20-14)12-6-8-13(9-7-12)16(3,4)5/h6-9,11,17H,10H2,1-5H3. The second-order valence-corrected chi connectivity index (χ2v) is 7.25. The normalized spacial score (nSPS) is 12.1. The van der Waals surface area contributed by atoms with Crippen LogP contribution in [0.5, 0.6) is 0 Å². The fourth-order valence-electron chi connectivity index (χ4n) is 1.97. The van der Waals surface area contributed by atoms with E-state index in [0.717, 1.165) is 17.8 Å². The number of benzene rings is 1. The number of nitrogens with one attached hydrogen (secondary N) is 1. The van der Waals surface area contributed by atoms with Crippen molar-refractivity contribution < 1.29 is 0 Å². The zero-order chi connectivity index (χ0) is 14.8. The molecule has 2 rings (SSSR count). The molecule has 3 nitrogen and oxygen atoms in total. The summed E-state index contributed by atoms with van der Waals surface area (Å²) in [7, 11) is 0. The highest BCUT2D eigenvalue weighted by Crippen LogP contribution is 2.28. The van der Waals surface area contributed by atoms with Gasteiger partial charge in [0.05, 0.1) is 4.88 Å². The molecule has 2 aromatic rings. The van der Waals surface area contributed by atoms with Gasteiger partial charge in [0.1, 0.15) is 5.69 Å². The Morgan fingerprint density at radius 1 is 1.15 bits per heavy atom.